The van der Waals surface area contributed by atoms with Crippen LogP contribution in [-0.2, 0) is 0 Å². The number of rotatable bonds is 7. The van der Waals surface area contributed by atoms with E-state index in [2.05, 4.69) is 94.1 Å². The van der Waals surface area contributed by atoms with Gasteiger partial charge in [0.25, 0.3) is 0 Å². The van der Waals surface area contributed by atoms with E-state index in [1.54, 1.807) is 0 Å². The van der Waals surface area contributed by atoms with Crippen molar-refractivity contribution in [2.75, 3.05) is 0 Å². The van der Waals surface area contributed by atoms with Gasteiger partial charge in [-0.1, -0.05) is 78.9 Å². The molecular weight excluding hydrogens is 631 g/mol. The highest BCUT2D eigenvalue weighted by molar-refractivity contribution is 7.91. The molecule has 0 aliphatic heterocycles. The maximum absolute atomic E-state index is 12.9. The van der Waals surface area contributed by atoms with E-state index in [4.69, 9.17) is 9.97 Å². The third-order valence-electron chi connectivity index (χ3n) is 9.28. The molecule has 0 atom stereocenters. The van der Waals surface area contributed by atoms with Crippen LogP contribution in [0, 0.1) is 0 Å². The van der Waals surface area contributed by atoms with Gasteiger partial charge in [-0.2, -0.15) is 0 Å². The average molecular weight is 664 g/mol. The number of hydrogen-bond acceptors (Lipinski definition) is 3. The first-order chi connectivity index (χ1) is 24.7. The first-order valence-corrected chi connectivity index (χ1v) is 18.4. The van der Waals surface area contributed by atoms with Crippen LogP contribution in [0.25, 0.3) is 56.2 Å². The lowest BCUT2D eigenvalue weighted by molar-refractivity contribution is 0.633. The zero-order valence-corrected chi connectivity index (χ0v) is 28.0. The Bertz CT molecular complexity index is 2420. The molecule has 238 valence electrons. The van der Waals surface area contributed by atoms with E-state index in [0.717, 1.165) is 72.1 Å². The minimum absolute atomic E-state index is 0.858. The summed E-state index contributed by atoms with van der Waals surface area (Å²) in [6.45, 7) is 0. The smallest absolute Gasteiger partial charge is 0.238 e. The zero-order chi connectivity index (χ0) is 33.5. The van der Waals surface area contributed by atoms with Crippen LogP contribution in [0.3, 0.4) is 0 Å². The van der Waals surface area contributed by atoms with E-state index in [1.807, 2.05) is 103 Å². The monoisotopic (exact) mass is 663 g/mol. The summed E-state index contributed by atoms with van der Waals surface area (Å²) >= 11 is 0. The molecule has 5 nitrogen and oxygen atoms in total. The molecule has 0 aliphatic rings. The van der Waals surface area contributed by atoms with Gasteiger partial charge in [-0.15, -0.1) is 0 Å². The van der Waals surface area contributed by atoms with Crippen LogP contribution in [0.2, 0.25) is 0 Å². The van der Waals surface area contributed by atoms with Crippen molar-refractivity contribution in [2.45, 2.75) is 0 Å². The Morgan fingerprint density at radius 2 is 0.700 bits per heavy atom. The van der Waals surface area contributed by atoms with Gasteiger partial charge in [0.05, 0.1) is 22.1 Å². The summed E-state index contributed by atoms with van der Waals surface area (Å²) in [5.74, 6) is 1.72. The summed E-state index contributed by atoms with van der Waals surface area (Å²) in [5, 5.41) is 2.65. The lowest BCUT2D eigenvalue weighted by Gasteiger charge is -2.21. The quantitative estimate of drug-likeness (QED) is 0.173. The summed E-state index contributed by atoms with van der Waals surface area (Å²) in [5.41, 5.74) is 8.02. The predicted molar refractivity (Wildman–Crippen MR) is 207 cm³/mol. The van der Waals surface area contributed by atoms with Crippen LogP contribution < -0.4 is 15.9 Å². The number of benzene rings is 7. The minimum Gasteiger partial charge on any atom is -0.292 e. The molecule has 0 saturated carbocycles. The molecule has 0 unspecified atom stereocenters. The van der Waals surface area contributed by atoms with Crippen molar-refractivity contribution in [1.29, 1.82) is 0 Å². The van der Waals surface area contributed by atoms with Gasteiger partial charge in [0.15, 0.2) is 0 Å². The number of nitrogens with zero attached hydrogens (tertiary/aromatic N) is 4. The van der Waals surface area contributed by atoms with Gasteiger partial charge in [0, 0.05) is 22.5 Å². The van der Waals surface area contributed by atoms with Crippen molar-refractivity contribution in [2.24, 2.45) is 0 Å². The molecular formula is C44H32N4OP+. The van der Waals surface area contributed by atoms with Gasteiger partial charge in [-0.3, -0.25) is 9.13 Å². The largest absolute Gasteiger partial charge is 0.292 e. The summed E-state index contributed by atoms with van der Waals surface area (Å²) < 4.78 is 4.40. The molecule has 7 aromatic carbocycles. The molecule has 0 saturated heterocycles. The van der Waals surface area contributed by atoms with Crippen molar-refractivity contribution in [3.05, 3.63) is 188 Å². The average Bonchev–Trinajstić information content (AvgIpc) is 3.78. The van der Waals surface area contributed by atoms with E-state index < -0.39 is 7.49 Å². The summed E-state index contributed by atoms with van der Waals surface area (Å²) in [4.78, 5) is 23.0. The van der Waals surface area contributed by atoms with E-state index >= 15 is 0 Å². The predicted octanol–water partition coefficient (Wildman–Crippen LogP) is 8.90. The zero-order valence-electron chi connectivity index (χ0n) is 27.1. The van der Waals surface area contributed by atoms with Crippen molar-refractivity contribution in [3.63, 3.8) is 0 Å². The Kier molecular flexibility index (Phi) is 7.43. The lowest BCUT2D eigenvalue weighted by atomic mass is 10.2. The van der Waals surface area contributed by atoms with Gasteiger partial charge >= 0.3 is 0 Å². The van der Waals surface area contributed by atoms with Crippen LogP contribution in [-0.4, -0.2) is 24.0 Å². The normalized spacial score (nSPS) is 11.7. The number of imidazole rings is 2. The van der Waals surface area contributed by atoms with Crippen molar-refractivity contribution >= 4 is 45.5 Å². The molecule has 2 aromatic heterocycles. The second kappa shape index (κ2) is 12.4. The standard InChI is InChI=1S/C44H32N4OP/c49-50(36-18-8-3-9-19-36,37-28-24-32(25-29-37)43-45-39-20-10-12-22-41(39)47(43)34-14-4-1-5-15-34)38-30-26-33(27-31-38)44-46-40-21-11-13-23-42(40)48(44)35-16-6-2-7-17-35/h1-31,49H/q+1. The Morgan fingerprint density at radius 1 is 0.360 bits per heavy atom. The Balaban J connectivity index is 1.14. The third-order valence-corrected chi connectivity index (χ3v) is 12.4. The molecule has 9 rings (SSSR count). The molecule has 0 bridgehead atoms. The topological polar surface area (TPSA) is 55.9 Å². The highest BCUT2D eigenvalue weighted by Crippen LogP contribution is 2.51. The second-order valence-corrected chi connectivity index (χ2v) is 15.1. The SMILES string of the molecule is O[P+](c1ccccc1)(c1ccc(-c2nc3ccccc3n2-c2ccccc2)cc1)c1ccc(-c2nc3ccccc3n2-c2ccccc2)cc1. The molecule has 9 aromatic rings. The van der Waals surface area contributed by atoms with E-state index in [-0.39, 0.29) is 0 Å². The Labute approximate surface area is 290 Å². The van der Waals surface area contributed by atoms with Crippen LogP contribution in [0.4, 0.5) is 0 Å². The van der Waals surface area contributed by atoms with E-state index in [1.165, 1.54) is 0 Å². The molecule has 0 amide bonds. The summed E-state index contributed by atoms with van der Waals surface area (Å²) in [6.07, 6.45) is 0. The van der Waals surface area contributed by atoms with Gasteiger partial charge < -0.3 is 0 Å². The summed E-state index contributed by atoms with van der Waals surface area (Å²) in [6, 6.07) is 63.7. The van der Waals surface area contributed by atoms with Crippen LogP contribution in [0.1, 0.15) is 0 Å². The number of para-hydroxylation sites is 6. The van der Waals surface area contributed by atoms with Crippen LogP contribution in [0.5, 0.6) is 0 Å². The lowest BCUT2D eigenvalue weighted by Crippen LogP contribution is -2.30. The molecule has 0 fully saturated rings. The van der Waals surface area contributed by atoms with E-state index in [0.29, 0.717) is 0 Å². The highest BCUT2D eigenvalue weighted by Gasteiger charge is 2.44. The molecule has 0 radical (unpaired) electrons. The molecule has 6 heteroatoms. The first kappa shape index (κ1) is 30.0. The van der Waals surface area contributed by atoms with Crippen LogP contribution in [0.15, 0.2) is 188 Å². The van der Waals surface area contributed by atoms with E-state index in [9.17, 15) is 4.89 Å². The number of aromatic nitrogens is 4. The fourth-order valence-corrected chi connectivity index (χ4v) is 9.52. The van der Waals surface area contributed by atoms with Crippen molar-refractivity contribution in [1.82, 2.24) is 19.1 Å². The summed E-state index contributed by atoms with van der Waals surface area (Å²) in [7, 11) is -3.00. The maximum Gasteiger partial charge on any atom is 0.238 e. The fourth-order valence-electron chi connectivity index (χ4n) is 6.86. The number of fused-ring (bicyclic) bond motifs is 2. The van der Waals surface area contributed by atoms with Gasteiger partial charge in [0.2, 0.25) is 7.49 Å². The Morgan fingerprint density at radius 3 is 1.12 bits per heavy atom. The van der Waals surface area contributed by atoms with Crippen molar-refractivity contribution < 1.29 is 4.89 Å². The molecule has 0 aliphatic carbocycles. The third kappa shape index (κ3) is 5.03. The minimum atomic E-state index is -3.00. The van der Waals surface area contributed by atoms with Gasteiger partial charge in [-0.05, 0) is 109 Å². The maximum atomic E-state index is 12.9. The molecule has 2 heterocycles. The molecule has 0 spiro atoms. The van der Waals surface area contributed by atoms with Crippen LogP contribution >= 0.6 is 7.49 Å². The Hall–Kier alpha value is -6.13. The molecule has 1 N–H and O–H groups in total. The number of hydrogen-bond donors (Lipinski definition) is 1. The van der Waals surface area contributed by atoms with Gasteiger partial charge in [-0.25, -0.2) is 14.9 Å². The first-order valence-electron chi connectivity index (χ1n) is 16.6. The van der Waals surface area contributed by atoms with Crippen molar-refractivity contribution in [3.8, 4) is 34.2 Å². The van der Waals surface area contributed by atoms with Gasteiger partial charge in [0.1, 0.15) is 27.6 Å². The molecule has 50 heavy (non-hydrogen) atoms. The fraction of sp³-hybridized carbons (Fsp3) is 0. The highest BCUT2D eigenvalue weighted by atomic mass is 31.2. The second-order valence-electron chi connectivity index (χ2n) is 12.3.